The fourth-order valence-electron chi connectivity index (χ4n) is 1.99. The molecule has 0 aromatic heterocycles. The highest BCUT2D eigenvalue weighted by atomic mass is 32.2. The van der Waals surface area contributed by atoms with E-state index in [1.54, 1.807) is 18.2 Å². The topological polar surface area (TPSA) is 54.4 Å². The molecule has 2 atom stereocenters. The summed E-state index contributed by atoms with van der Waals surface area (Å²) in [6, 6.07) is 17.7. The highest BCUT2D eigenvalue weighted by Gasteiger charge is 2.15. The van der Waals surface area contributed by atoms with Gasteiger partial charge in [-0.25, -0.2) is 8.42 Å². The van der Waals surface area contributed by atoms with Gasteiger partial charge in [0.15, 0.2) is 9.84 Å². The van der Waals surface area contributed by atoms with Gasteiger partial charge in [0.1, 0.15) is 0 Å². The average molecular weight is 302 g/mol. The molecule has 2 rings (SSSR count). The lowest BCUT2D eigenvalue weighted by atomic mass is 9.96. The molecule has 0 spiro atoms. The van der Waals surface area contributed by atoms with Gasteiger partial charge in [-0.1, -0.05) is 55.5 Å². The molecule has 0 saturated carbocycles. The Kier molecular flexibility index (Phi) is 4.94. The van der Waals surface area contributed by atoms with Crippen molar-refractivity contribution in [3.8, 4) is 0 Å². The van der Waals surface area contributed by atoms with Gasteiger partial charge in [0.05, 0.1) is 11.0 Å². The second-order valence-electron chi connectivity index (χ2n) is 4.88. The lowest BCUT2D eigenvalue weighted by molar-refractivity contribution is 0.197. The molecule has 0 amide bonds. The molecule has 1 N–H and O–H groups in total. The third-order valence-corrected chi connectivity index (χ3v) is 4.81. The molecule has 0 aliphatic heterocycles. The van der Waals surface area contributed by atoms with Gasteiger partial charge in [-0.3, -0.25) is 0 Å². The van der Waals surface area contributed by atoms with Gasteiger partial charge in [-0.2, -0.15) is 0 Å². The zero-order valence-electron chi connectivity index (χ0n) is 11.8. The Balaban J connectivity index is 2.14. The van der Waals surface area contributed by atoms with E-state index in [2.05, 4.69) is 0 Å². The standard InChI is InChI=1S/C17H18O3S/c1-14(15-8-4-2-5-9-15)17(18)12-13-21(19,20)16-10-6-3-7-11-16/h2-14,17-18H,1H3/b13-12+. The number of aliphatic hydroxyl groups excluding tert-OH is 1. The van der Waals surface area contributed by atoms with Gasteiger partial charge in [0.25, 0.3) is 0 Å². The minimum absolute atomic E-state index is 0.173. The molecule has 0 fully saturated rings. The third kappa shape index (κ3) is 4.03. The van der Waals surface area contributed by atoms with E-state index in [0.29, 0.717) is 0 Å². The first-order valence-electron chi connectivity index (χ1n) is 6.72. The zero-order chi connectivity index (χ0) is 15.3. The molecule has 2 unspecified atom stereocenters. The fraction of sp³-hybridized carbons (Fsp3) is 0.176. The number of sulfone groups is 1. The first-order valence-corrected chi connectivity index (χ1v) is 8.27. The van der Waals surface area contributed by atoms with Crippen LogP contribution < -0.4 is 0 Å². The largest absolute Gasteiger partial charge is 0.388 e. The maximum absolute atomic E-state index is 12.1. The third-order valence-electron chi connectivity index (χ3n) is 3.36. The summed E-state index contributed by atoms with van der Waals surface area (Å²) in [5.74, 6) is -0.173. The minimum atomic E-state index is -3.51. The maximum atomic E-state index is 12.1. The van der Waals surface area contributed by atoms with Crippen molar-refractivity contribution in [2.24, 2.45) is 0 Å². The molecule has 0 saturated heterocycles. The van der Waals surface area contributed by atoms with Crippen molar-refractivity contribution in [3.63, 3.8) is 0 Å². The second-order valence-corrected chi connectivity index (χ2v) is 6.71. The highest BCUT2D eigenvalue weighted by Crippen LogP contribution is 2.20. The van der Waals surface area contributed by atoms with Crippen molar-refractivity contribution in [2.45, 2.75) is 23.8 Å². The Bertz CT molecular complexity index is 691. The maximum Gasteiger partial charge on any atom is 0.199 e. The van der Waals surface area contributed by atoms with Crippen LogP contribution in [0.15, 0.2) is 77.0 Å². The molecule has 110 valence electrons. The van der Waals surface area contributed by atoms with E-state index < -0.39 is 15.9 Å². The van der Waals surface area contributed by atoms with E-state index in [-0.39, 0.29) is 10.8 Å². The predicted molar refractivity (Wildman–Crippen MR) is 83.6 cm³/mol. The number of aliphatic hydroxyl groups is 1. The van der Waals surface area contributed by atoms with Crippen LogP contribution in [0.3, 0.4) is 0 Å². The summed E-state index contributed by atoms with van der Waals surface area (Å²) in [5, 5.41) is 11.2. The summed E-state index contributed by atoms with van der Waals surface area (Å²) in [5.41, 5.74) is 0.965. The van der Waals surface area contributed by atoms with Crippen molar-refractivity contribution in [3.05, 3.63) is 77.7 Å². The van der Waals surface area contributed by atoms with Gasteiger partial charge < -0.3 is 5.11 Å². The van der Waals surface area contributed by atoms with Crippen LogP contribution in [0, 0.1) is 0 Å². The van der Waals surface area contributed by atoms with Gasteiger partial charge in [0, 0.05) is 11.3 Å². The molecule has 0 aliphatic carbocycles. The normalized spacial score (nSPS) is 15.0. The molecule has 0 aliphatic rings. The van der Waals surface area contributed by atoms with E-state index in [9.17, 15) is 13.5 Å². The summed E-state index contributed by atoms with van der Waals surface area (Å²) in [6.07, 6.45) is 0.478. The summed E-state index contributed by atoms with van der Waals surface area (Å²) in [7, 11) is -3.51. The van der Waals surface area contributed by atoms with Gasteiger partial charge in [-0.05, 0) is 23.8 Å². The number of hydrogen-bond donors (Lipinski definition) is 1. The molecule has 4 heteroatoms. The first kappa shape index (κ1) is 15.5. The molecule has 3 nitrogen and oxygen atoms in total. The summed E-state index contributed by atoms with van der Waals surface area (Å²) < 4.78 is 24.2. The van der Waals surface area contributed by atoms with Crippen LogP contribution in [0.4, 0.5) is 0 Å². The molecule has 0 radical (unpaired) electrons. The number of rotatable bonds is 5. The van der Waals surface area contributed by atoms with E-state index >= 15 is 0 Å². The Labute approximate surface area is 125 Å². The van der Waals surface area contributed by atoms with Crippen LogP contribution in [-0.4, -0.2) is 19.6 Å². The SMILES string of the molecule is CC(c1ccccc1)C(O)/C=C/S(=O)(=O)c1ccccc1. The molecule has 2 aromatic carbocycles. The van der Waals surface area contributed by atoms with E-state index in [0.717, 1.165) is 11.0 Å². The lowest BCUT2D eigenvalue weighted by Gasteiger charge is -2.15. The lowest BCUT2D eigenvalue weighted by Crippen LogP contribution is -2.13. The monoisotopic (exact) mass is 302 g/mol. The Morgan fingerprint density at radius 1 is 0.952 bits per heavy atom. The van der Waals surface area contributed by atoms with Crippen LogP contribution in [0.25, 0.3) is 0 Å². The van der Waals surface area contributed by atoms with Crippen molar-refractivity contribution >= 4 is 9.84 Å². The number of hydrogen-bond acceptors (Lipinski definition) is 3. The Morgan fingerprint density at radius 2 is 1.48 bits per heavy atom. The van der Waals surface area contributed by atoms with Crippen LogP contribution in [0.5, 0.6) is 0 Å². The average Bonchev–Trinajstić information content (AvgIpc) is 2.53. The molecule has 0 heterocycles. The quantitative estimate of drug-likeness (QED) is 0.923. The molecular formula is C17H18O3S. The zero-order valence-corrected chi connectivity index (χ0v) is 12.6. The Morgan fingerprint density at radius 3 is 2.05 bits per heavy atom. The fourth-order valence-corrected chi connectivity index (χ4v) is 3.05. The molecular weight excluding hydrogens is 284 g/mol. The highest BCUT2D eigenvalue weighted by molar-refractivity contribution is 7.94. The van der Waals surface area contributed by atoms with Gasteiger partial charge in [-0.15, -0.1) is 0 Å². The first-order chi connectivity index (χ1) is 10.0. The van der Waals surface area contributed by atoms with Gasteiger partial charge in [0.2, 0.25) is 0 Å². The van der Waals surface area contributed by atoms with E-state index in [4.69, 9.17) is 0 Å². The summed E-state index contributed by atoms with van der Waals surface area (Å²) in [4.78, 5) is 0.223. The van der Waals surface area contributed by atoms with E-state index in [1.807, 2.05) is 37.3 Å². The van der Waals surface area contributed by atoms with Crippen molar-refractivity contribution in [1.29, 1.82) is 0 Å². The molecule has 21 heavy (non-hydrogen) atoms. The van der Waals surface area contributed by atoms with Crippen LogP contribution >= 0.6 is 0 Å². The van der Waals surface area contributed by atoms with Crippen molar-refractivity contribution < 1.29 is 13.5 Å². The summed E-state index contributed by atoms with van der Waals surface area (Å²) >= 11 is 0. The second kappa shape index (κ2) is 6.70. The van der Waals surface area contributed by atoms with Crippen LogP contribution in [0.2, 0.25) is 0 Å². The Hall–Kier alpha value is -1.91. The van der Waals surface area contributed by atoms with Gasteiger partial charge >= 0.3 is 0 Å². The smallest absolute Gasteiger partial charge is 0.199 e. The van der Waals surface area contributed by atoms with Crippen LogP contribution in [-0.2, 0) is 9.84 Å². The van der Waals surface area contributed by atoms with E-state index in [1.165, 1.54) is 18.2 Å². The number of benzene rings is 2. The van der Waals surface area contributed by atoms with Crippen molar-refractivity contribution in [2.75, 3.05) is 0 Å². The predicted octanol–water partition coefficient (Wildman–Crippen LogP) is 3.14. The molecule has 2 aromatic rings. The van der Waals surface area contributed by atoms with Crippen molar-refractivity contribution in [1.82, 2.24) is 0 Å². The molecule has 0 bridgehead atoms. The minimum Gasteiger partial charge on any atom is -0.388 e. The van der Waals surface area contributed by atoms with Crippen LogP contribution in [0.1, 0.15) is 18.4 Å². The summed E-state index contributed by atoms with van der Waals surface area (Å²) in [6.45, 7) is 1.86.